The number of hydrogen-bond acceptors (Lipinski definition) is 4. The molecule has 0 bridgehead atoms. The summed E-state index contributed by atoms with van der Waals surface area (Å²) in [6.07, 6.45) is 3.11. The van der Waals surface area contributed by atoms with Crippen molar-refractivity contribution in [1.29, 1.82) is 5.26 Å². The molecule has 0 N–H and O–H groups in total. The second-order valence-corrected chi connectivity index (χ2v) is 6.77. The third-order valence-corrected chi connectivity index (χ3v) is 4.52. The van der Waals surface area contributed by atoms with Gasteiger partial charge in [0.15, 0.2) is 5.78 Å². The molecule has 2 aromatic heterocycles. The molecular formula is C19H15BrN4O2. The molecule has 0 spiro atoms. The van der Waals surface area contributed by atoms with E-state index in [1.807, 2.05) is 19.1 Å². The normalized spacial score (nSPS) is 10.5. The molecule has 130 valence electrons. The Balaban J connectivity index is 1.82. The van der Waals surface area contributed by atoms with E-state index in [4.69, 9.17) is 5.26 Å². The number of nitrogens with zero attached hydrogens (tertiary/aromatic N) is 4. The van der Waals surface area contributed by atoms with Crippen molar-refractivity contribution in [3.05, 3.63) is 86.0 Å². The van der Waals surface area contributed by atoms with Crippen LogP contribution in [0.25, 0.3) is 0 Å². The number of hydrogen-bond donors (Lipinski definition) is 0. The number of pyridine rings is 1. The number of aromatic nitrogens is 3. The van der Waals surface area contributed by atoms with Gasteiger partial charge in [0.05, 0.1) is 36.5 Å². The van der Waals surface area contributed by atoms with Gasteiger partial charge in [0, 0.05) is 22.4 Å². The lowest BCUT2D eigenvalue weighted by Crippen LogP contribution is -2.23. The van der Waals surface area contributed by atoms with E-state index in [1.165, 1.54) is 16.8 Å². The van der Waals surface area contributed by atoms with E-state index in [9.17, 15) is 9.59 Å². The lowest BCUT2D eigenvalue weighted by atomic mass is 10.1. The van der Waals surface area contributed by atoms with Crippen LogP contribution in [-0.2, 0) is 13.1 Å². The van der Waals surface area contributed by atoms with Gasteiger partial charge >= 0.3 is 0 Å². The number of Topliss-reactive ketones (excluding diaryl/α,β-unsaturated/α-hetero) is 1. The van der Waals surface area contributed by atoms with Crippen LogP contribution in [0.5, 0.6) is 0 Å². The van der Waals surface area contributed by atoms with Crippen molar-refractivity contribution in [3.63, 3.8) is 0 Å². The van der Waals surface area contributed by atoms with Crippen LogP contribution in [0.2, 0.25) is 0 Å². The Kier molecular flexibility index (Phi) is 5.14. The Hall–Kier alpha value is -2.98. The highest BCUT2D eigenvalue weighted by molar-refractivity contribution is 9.10. The predicted molar refractivity (Wildman–Crippen MR) is 100.0 cm³/mol. The molecule has 3 rings (SSSR count). The SMILES string of the molecule is Cc1c(C(=O)Cn2cc(Br)ccc2=O)cnn1Cc1cccc(C#N)c1. The van der Waals surface area contributed by atoms with Gasteiger partial charge in [-0.2, -0.15) is 10.4 Å². The van der Waals surface area contributed by atoms with Crippen LogP contribution in [0.1, 0.15) is 27.2 Å². The van der Waals surface area contributed by atoms with Gasteiger partial charge in [0.25, 0.3) is 5.56 Å². The average molecular weight is 411 g/mol. The fourth-order valence-corrected chi connectivity index (χ4v) is 3.04. The first-order chi connectivity index (χ1) is 12.5. The highest BCUT2D eigenvalue weighted by Gasteiger charge is 2.15. The van der Waals surface area contributed by atoms with E-state index in [2.05, 4.69) is 27.1 Å². The maximum atomic E-state index is 12.6. The molecule has 0 unspecified atom stereocenters. The van der Waals surface area contributed by atoms with Crippen LogP contribution >= 0.6 is 15.9 Å². The van der Waals surface area contributed by atoms with Crippen molar-refractivity contribution in [2.24, 2.45) is 0 Å². The first-order valence-electron chi connectivity index (χ1n) is 7.88. The zero-order valence-electron chi connectivity index (χ0n) is 14.0. The lowest BCUT2D eigenvalue weighted by Gasteiger charge is -2.07. The van der Waals surface area contributed by atoms with Gasteiger partial charge in [-0.15, -0.1) is 0 Å². The van der Waals surface area contributed by atoms with Crippen molar-refractivity contribution in [1.82, 2.24) is 14.3 Å². The maximum absolute atomic E-state index is 12.6. The Morgan fingerprint density at radius 2 is 2.12 bits per heavy atom. The molecule has 0 aliphatic carbocycles. The molecule has 0 saturated carbocycles. The first kappa shape index (κ1) is 17.8. The summed E-state index contributed by atoms with van der Waals surface area (Å²) < 4.78 is 3.81. The minimum absolute atomic E-state index is 0.0469. The van der Waals surface area contributed by atoms with Crippen LogP contribution < -0.4 is 5.56 Å². The van der Waals surface area contributed by atoms with Crippen molar-refractivity contribution in [3.8, 4) is 6.07 Å². The zero-order chi connectivity index (χ0) is 18.7. The summed E-state index contributed by atoms with van der Waals surface area (Å²) in [6, 6.07) is 12.4. The van der Waals surface area contributed by atoms with Crippen molar-refractivity contribution in [2.75, 3.05) is 0 Å². The molecule has 0 fully saturated rings. The summed E-state index contributed by atoms with van der Waals surface area (Å²) >= 11 is 3.30. The Morgan fingerprint density at radius 1 is 1.31 bits per heavy atom. The van der Waals surface area contributed by atoms with Crippen LogP contribution in [0.3, 0.4) is 0 Å². The highest BCUT2D eigenvalue weighted by Crippen LogP contribution is 2.13. The molecule has 1 aromatic carbocycles. The number of carbonyl (C=O) groups excluding carboxylic acids is 1. The summed E-state index contributed by atoms with van der Waals surface area (Å²) in [5.74, 6) is -0.181. The number of carbonyl (C=O) groups is 1. The Labute approximate surface area is 158 Å². The summed E-state index contributed by atoms with van der Waals surface area (Å²) in [6.45, 7) is 2.23. The van der Waals surface area contributed by atoms with Crippen LogP contribution in [0.15, 0.2) is 58.1 Å². The standard InChI is InChI=1S/C19H15BrN4O2/c1-13-17(18(25)12-23-11-16(20)5-6-19(23)26)9-22-24(13)10-15-4-2-3-14(7-15)8-21/h2-7,9,11H,10,12H2,1H3. The Bertz CT molecular complexity index is 1080. The fourth-order valence-electron chi connectivity index (χ4n) is 2.66. The molecule has 7 heteroatoms. The number of halogens is 1. The minimum Gasteiger partial charge on any atom is -0.307 e. The number of benzene rings is 1. The molecule has 0 amide bonds. The van der Waals surface area contributed by atoms with Crippen molar-refractivity contribution in [2.45, 2.75) is 20.0 Å². The maximum Gasteiger partial charge on any atom is 0.251 e. The molecular weight excluding hydrogens is 396 g/mol. The molecule has 26 heavy (non-hydrogen) atoms. The highest BCUT2D eigenvalue weighted by atomic mass is 79.9. The van der Waals surface area contributed by atoms with Gasteiger partial charge < -0.3 is 4.57 Å². The smallest absolute Gasteiger partial charge is 0.251 e. The van der Waals surface area contributed by atoms with Crippen LogP contribution in [0, 0.1) is 18.3 Å². The molecule has 6 nitrogen and oxygen atoms in total. The van der Waals surface area contributed by atoms with E-state index < -0.39 is 0 Å². The van der Waals surface area contributed by atoms with Crippen molar-refractivity contribution >= 4 is 21.7 Å². The topological polar surface area (TPSA) is 80.7 Å². The molecule has 0 radical (unpaired) electrons. The third kappa shape index (κ3) is 3.81. The average Bonchev–Trinajstić information content (AvgIpc) is 2.99. The molecule has 2 heterocycles. The summed E-state index contributed by atoms with van der Waals surface area (Å²) in [5.41, 5.74) is 2.48. The number of nitriles is 1. The van der Waals surface area contributed by atoms with E-state index in [-0.39, 0.29) is 17.9 Å². The second kappa shape index (κ2) is 7.50. The van der Waals surface area contributed by atoms with Gasteiger partial charge in [0.2, 0.25) is 0 Å². The van der Waals surface area contributed by atoms with Gasteiger partial charge in [0.1, 0.15) is 0 Å². The van der Waals surface area contributed by atoms with E-state index in [1.54, 1.807) is 29.1 Å². The third-order valence-electron chi connectivity index (χ3n) is 4.05. The minimum atomic E-state index is -0.236. The predicted octanol–water partition coefficient (Wildman–Crippen LogP) is 2.92. The van der Waals surface area contributed by atoms with E-state index >= 15 is 0 Å². The molecule has 0 atom stereocenters. The molecule has 0 saturated heterocycles. The van der Waals surface area contributed by atoms with Gasteiger partial charge in [-0.25, -0.2) is 0 Å². The van der Waals surface area contributed by atoms with Crippen molar-refractivity contribution < 1.29 is 4.79 Å². The molecule has 3 aromatic rings. The van der Waals surface area contributed by atoms with Gasteiger partial charge in [-0.1, -0.05) is 12.1 Å². The largest absolute Gasteiger partial charge is 0.307 e. The molecule has 0 aliphatic heterocycles. The monoisotopic (exact) mass is 410 g/mol. The van der Waals surface area contributed by atoms with Gasteiger partial charge in [-0.3, -0.25) is 14.3 Å². The first-order valence-corrected chi connectivity index (χ1v) is 8.68. The summed E-state index contributed by atoms with van der Waals surface area (Å²) in [7, 11) is 0. The lowest BCUT2D eigenvalue weighted by molar-refractivity contribution is 0.0970. The number of ketones is 1. The quantitative estimate of drug-likeness (QED) is 0.605. The second-order valence-electron chi connectivity index (χ2n) is 5.85. The summed E-state index contributed by atoms with van der Waals surface area (Å²) in [4.78, 5) is 24.5. The van der Waals surface area contributed by atoms with E-state index in [0.717, 1.165) is 15.7 Å². The van der Waals surface area contributed by atoms with Crippen LogP contribution in [-0.4, -0.2) is 20.1 Å². The zero-order valence-corrected chi connectivity index (χ0v) is 15.6. The van der Waals surface area contributed by atoms with Crippen LogP contribution in [0.4, 0.5) is 0 Å². The summed E-state index contributed by atoms with van der Waals surface area (Å²) in [5, 5.41) is 13.3. The fraction of sp³-hybridized carbons (Fsp3) is 0.158. The molecule has 0 aliphatic rings. The van der Waals surface area contributed by atoms with Gasteiger partial charge in [-0.05, 0) is 46.6 Å². The van der Waals surface area contributed by atoms with E-state index in [0.29, 0.717) is 17.7 Å². The Morgan fingerprint density at radius 3 is 2.88 bits per heavy atom. The number of rotatable bonds is 5.